The maximum atomic E-state index is 13.4. The first-order valence-electron chi connectivity index (χ1n) is 7.42. The Morgan fingerprint density at radius 2 is 1.86 bits per heavy atom. The molecule has 1 rings (SSSR count). The number of nitrogens with zero attached hydrogens (tertiary/aromatic N) is 1. The van der Waals surface area contributed by atoms with Gasteiger partial charge in [0.05, 0.1) is 7.11 Å². The van der Waals surface area contributed by atoms with Crippen LogP contribution < -0.4 is 0 Å². The molecule has 0 aromatic heterocycles. The van der Waals surface area contributed by atoms with Gasteiger partial charge >= 0.3 is 12.1 Å². The van der Waals surface area contributed by atoms with Crippen LogP contribution in [0.1, 0.15) is 46.5 Å². The first-order valence-corrected chi connectivity index (χ1v) is 7.42. The van der Waals surface area contributed by atoms with Crippen LogP contribution in [0.4, 0.5) is 9.18 Å². The minimum absolute atomic E-state index is 0.184. The summed E-state index contributed by atoms with van der Waals surface area (Å²) >= 11 is 0. The molecule has 0 N–H and O–H groups in total. The Labute approximate surface area is 125 Å². The molecule has 0 saturated carbocycles. The Morgan fingerprint density at radius 1 is 1.29 bits per heavy atom. The third-order valence-electron chi connectivity index (χ3n) is 3.55. The molecule has 21 heavy (non-hydrogen) atoms. The molecule has 1 atom stereocenters. The molecule has 1 aliphatic heterocycles. The van der Waals surface area contributed by atoms with Crippen LogP contribution in [0, 0.1) is 5.92 Å². The summed E-state index contributed by atoms with van der Waals surface area (Å²) in [6.07, 6.45) is 0.611. The second kappa shape index (κ2) is 7.61. The van der Waals surface area contributed by atoms with Crippen molar-refractivity contribution in [2.75, 3.05) is 20.2 Å². The maximum Gasteiger partial charge on any atom is 0.410 e. The highest BCUT2D eigenvalue weighted by Gasteiger charge is 2.28. The molecule has 1 heterocycles. The van der Waals surface area contributed by atoms with Crippen LogP contribution in [0.2, 0.25) is 0 Å². The lowest BCUT2D eigenvalue weighted by Gasteiger charge is -2.33. The Hall–Kier alpha value is -1.33. The van der Waals surface area contributed by atoms with Gasteiger partial charge < -0.3 is 14.4 Å². The van der Waals surface area contributed by atoms with Crippen molar-refractivity contribution in [1.29, 1.82) is 0 Å². The van der Waals surface area contributed by atoms with Crippen molar-refractivity contribution >= 4 is 12.1 Å². The molecule has 122 valence electrons. The third kappa shape index (κ3) is 6.31. The molecule has 5 nitrogen and oxygen atoms in total. The number of halogens is 1. The lowest BCUT2D eigenvalue weighted by atomic mass is 9.91. The molecule has 1 amide bonds. The minimum Gasteiger partial charge on any atom is -0.467 e. The zero-order valence-electron chi connectivity index (χ0n) is 13.4. The lowest BCUT2D eigenvalue weighted by Crippen LogP contribution is -2.41. The fourth-order valence-electron chi connectivity index (χ4n) is 2.36. The van der Waals surface area contributed by atoms with E-state index in [-0.39, 0.29) is 12.5 Å². The van der Waals surface area contributed by atoms with Gasteiger partial charge in [-0.3, -0.25) is 0 Å². The summed E-state index contributed by atoms with van der Waals surface area (Å²) in [6, 6.07) is 0. The number of alkyl halides is 1. The predicted molar refractivity (Wildman–Crippen MR) is 76.7 cm³/mol. The number of esters is 1. The van der Waals surface area contributed by atoms with Crippen molar-refractivity contribution in [3.05, 3.63) is 0 Å². The lowest BCUT2D eigenvalue weighted by molar-refractivity contribution is -0.146. The number of carbonyl (C=O) groups excluding carboxylic acids is 2. The molecule has 0 radical (unpaired) electrons. The summed E-state index contributed by atoms with van der Waals surface area (Å²) in [5.74, 6) is -0.465. The number of rotatable bonds is 4. The van der Waals surface area contributed by atoms with E-state index in [0.29, 0.717) is 25.4 Å². The van der Waals surface area contributed by atoms with E-state index < -0.39 is 17.7 Å². The van der Waals surface area contributed by atoms with Crippen LogP contribution in [-0.4, -0.2) is 48.9 Å². The fourth-order valence-corrected chi connectivity index (χ4v) is 2.36. The van der Waals surface area contributed by atoms with Crippen LogP contribution in [-0.2, 0) is 14.3 Å². The predicted octanol–water partition coefficient (Wildman–Crippen LogP) is 2.92. The first-order chi connectivity index (χ1) is 9.73. The van der Waals surface area contributed by atoms with Gasteiger partial charge in [-0.15, -0.1) is 0 Å². The highest BCUT2D eigenvalue weighted by molar-refractivity contribution is 5.74. The monoisotopic (exact) mass is 303 g/mol. The summed E-state index contributed by atoms with van der Waals surface area (Å²) in [4.78, 5) is 24.6. The number of methoxy groups -OCH3 is 1. The molecule has 6 heteroatoms. The molecule has 1 fully saturated rings. The van der Waals surface area contributed by atoms with Crippen molar-refractivity contribution in [3.8, 4) is 0 Å². The number of hydrogen-bond acceptors (Lipinski definition) is 4. The first kappa shape index (κ1) is 17.7. The molecule has 0 aromatic carbocycles. The molecular formula is C15H26FNO4. The maximum absolute atomic E-state index is 13.4. The van der Waals surface area contributed by atoms with Gasteiger partial charge in [-0.05, 0) is 52.4 Å². The Balaban J connectivity index is 2.29. The van der Waals surface area contributed by atoms with Gasteiger partial charge in [0.25, 0.3) is 0 Å². The van der Waals surface area contributed by atoms with Crippen LogP contribution >= 0.6 is 0 Å². The van der Waals surface area contributed by atoms with Crippen molar-refractivity contribution in [2.24, 2.45) is 5.92 Å². The van der Waals surface area contributed by atoms with Crippen LogP contribution in [0.3, 0.4) is 0 Å². The van der Waals surface area contributed by atoms with E-state index >= 15 is 0 Å². The molecule has 0 aromatic rings. The minimum atomic E-state index is -1.54. The number of ether oxygens (including phenoxy) is 2. The van der Waals surface area contributed by atoms with Crippen molar-refractivity contribution in [2.45, 2.75) is 58.2 Å². The zero-order chi connectivity index (χ0) is 16.0. The van der Waals surface area contributed by atoms with Crippen molar-refractivity contribution < 1.29 is 23.5 Å². The van der Waals surface area contributed by atoms with Crippen LogP contribution in [0.5, 0.6) is 0 Å². The second-order valence-electron chi connectivity index (χ2n) is 6.48. The van der Waals surface area contributed by atoms with Crippen LogP contribution in [0.25, 0.3) is 0 Å². The topological polar surface area (TPSA) is 55.8 Å². The molecule has 0 bridgehead atoms. The van der Waals surface area contributed by atoms with Gasteiger partial charge in [0, 0.05) is 13.1 Å². The van der Waals surface area contributed by atoms with Gasteiger partial charge in [0.15, 0.2) is 6.17 Å². The summed E-state index contributed by atoms with van der Waals surface area (Å²) < 4.78 is 23.1. The molecule has 1 aliphatic rings. The van der Waals surface area contributed by atoms with Gasteiger partial charge in [0.2, 0.25) is 0 Å². The molecule has 0 spiro atoms. The standard InChI is InChI=1S/C15H26FNO4/c1-15(2,3)21-14(19)17-9-7-11(8-10-17)5-6-12(16)13(18)20-4/h11-12H,5-10H2,1-4H3. The third-order valence-corrected chi connectivity index (χ3v) is 3.55. The second-order valence-corrected chi connectivity index (χ2v) is 6.48. The molecule has 1 unspecified atom stereocenters. The van der Waals surface area contributed by atoms with Crippen LogP contribution in [0.15, 0.2) is 0 Å². The van der Waals surface area contributed by atoms with E-state index in [1.165, 1.54) is 7.11 Å². The molecular weight excluding hydrogens is 277 g/mol. The Bertz CT molecular complexity index is 359. The van der Waals surface area contributed by atoms with Gasteiger partial charge in [-0.25, -0.2) is 14.0 Å². The van der Waals surface area contributed by atoms with Gasteiger partial charge in [-0.2, -0.15) is 0 Å². The Kier molecular flexibility index (Phi) is 6.42. The van der Waals surface area contributed by atoms with Gasteiger partial charge in [-0.1, -0.05) is 0 Å². The highest BCUT2D eigenvalue weighted by atomic mass is 19.1. The number of carbonyl (C=O) groups is 2. The van der Waals surface area contributed by atoms with E-state index in [1.807, 2.05) is 20.8 Å². The van der Waals surface area contributed by atoms with Gasteiger partial charge in [0.1, 0.15) is 5.60 Å². The highest BCUT2D eigenvalue weighted by Crippen LogP contribution is 2.24. The number of piperidine rings is 1. The number of likely N-dealkylation sites (tertiary alicyclic amines) is 1. The summed E-state index contributed by atoms with van der Waals surface area (Å²) in [5, 5.41) is 0. The van der Waals surface area contributed by atoms with E-state index in [9.17, 15) is 14.0 Å². The summed E-state index contributed by atoms with van der Waals surface area (Å²) in [5.41, 5.74) is -0.490. The number of amides is 1. The summed E-state index contributed by atoms with van der Waals surface area (Å²) in [7, 11) is 1.19. The average Bonchev–Trinajstić information content (AvgIpc) is 2.42. The SMILES string of the molecule is COC(=O)C(F)CCC1CCN(C(=O)OC(C)(C)C)CC1. The van der Waals surface area contributed by atoms with E-state index in [4.69, 9.17) is 4.74 Å². The largest absolute Gasteiger partial charge is 0.467 e. The quantitative estimate of drug-likeness (QED) is 0.749. The van der Waals surface area contributed by atoms with Crippen molar-refractivity contribution in [3.63, 3.8) is 0 Å². The van der Waals surface area contributed by atoms with Crippen molar-refractivity contribution in [1.82, 2.24) is 4.90 Å². The van der Waals surface area contributed by atoms with E-state index in [0.717, 1.165) is 12.8 Å². The Morgan fingerprint density at radius 3 is 2.33 bits per heavy atom. The normalized spacial score (nSPS) is 18.2. The average molecular weight is 303 g/mol. The van der Waals surface area contributed by atoms with E-state index in [1.54, 1.807) is 4.90 Å². The summed E-state index contributed by atoms with van der Waals surface area (Å²) in [6.45, 7) is 6.76. The fraction of sp³-hybridized carbons (Fsp3) is 0.867. The van der Waals surface area contributed by atoms with E-state index in [2.05, 4.69) is 4.74 Å². The molecule has 0 aliphatic carbocycles. The molecule has 1 saturated heterocycles. The number of hydrogen-bond donors (Lipinski definition) is 0. The smallest absolute Gasteiger partial charge is 0.410 e. The zero-order valence-corrected chi connectivity index (χ0v) is 13.4.